The summed E-state index contributed by atoms with van der Waals surface area (Å²) in [5, 5.41) is 30.6. The second kappa shape index (κ2) is 16.4. The van der Waals surface area contributed by atoms with Crippen LogP contribution in [0.15, 0.2) is 71.6 Å². The maximum atomic E-state index is 13.5. The monoisotopic (exact) mass is 760 g/mol. The van der Waals surface area contributed by atoms with Crippen LogP contribution in [0.1, 0.15) is 105 Å². The predicted molar refractivity (Wildman–Crippen MR) is 216 cm³/mol. The molecule has 1 aromatic heterocycles. The zero-order valence-electron chi connectivity index (χ0n) is 33.0. The molecule has 10 heteroatoms. The lowest BCUT2D eigenvalue weighted by Crippen LogP contribution is -2.66. The number of amides is 1. The Labute approximate surface area is 321 Å². The zero-order chi connectivity index (χ0) is 38.8. The van der Waals surface area contributed by atoms with Crippen molar-refractivity contribution in [2.24, 2.45) is 17.3 Å². The highest BCUT2D eigenvalue weighted by molar-refractivity contribution is 7.09. The number of carbonyl (C=O) groups is 2. The van der Waals surface area contributed by atoms with Gasteiger partial charge in [-0.25, -0.2) is 4.98 Å². The van der Waals surface area contributed by atoms with Gasteiger partial charge in [-0.2, -0.15) is 0 Å². The summed E-state index contributed by atoms with van der Waals surface area (Å²) in [7, 11) is -2.73. The molecule has 3 N–H and O–H groups in total. The number of thiazole rings is 1. The Morgan fingerprint density at radius 2 is 1.64 bits per heavy atom. The van der Waals surface area contributed by atoms with Crippen molar-refractivity contribution in [2.75, 3.05) is 0 Å². The summed E-state index contributed by atoms with van der Waals surface area (Å²) in [6.07, 6.45) is 2.71. The van der Waals surface area contributed by atoms with Gasteiger partial charge in [0.15, 0.2) is 0 Å². The quantitative estimate of drug-likeness (QED) is 0.179. The van der Waals surface area contributed by atoms with Crippen LogP contribution in [0, 0.1) is 17.3 Å². The standard InChI is InChI=1S/C43H60N2O6SSi/c1-28-17-16-22-43(9)36(51-43)24-34(45-37(47)25-35(46)42(7,8)40(49)30(3)39(28)48)29(2)23-31-27-52-38(44-31)26-50-53(41(4,5)6,32-18-12-10-13-19-32)33-20-14-11-15-21-33/h10-15,18-21,23,27-28,30,34-36,39,46,48H,16-17,22,24-26H2,1-9H3,(H,45,47). The van der Waals surface area contributed by atoms with Crippen LogP contribution >= 0.6 is 11.3 Å². The molecule has 3 heterocycles. The van der Waals surface area contributed by atoms with Gasteiger partial charge in [-0.05, 0) is 59.7 Å². The van der Waals surface area contributed by atoms with Crippen LogP contribution in [0.5, 0.6) is 0 Å². The van der Waals surface area contributed by atoms with Crippen molar-refractivity contribution in [3.8, 4) is 0 Å². The third kappa shape index (κ3) is 9.11. The van der Waals surface area contributed by atoms with Crippen molar-refractivity contribution >= 4 is 47.8 Å². The molecule has 2 fully saturated rings. The molecule has 0 radical (unpaired) electrons. The molecule has 2 saturated heterocycles. The fourth-order valence-corrected chi connectivity index (χ4v) is 13.4. The Morgan fingerprint density at radius 3 is 2.23 bits per heavy atom. The molecule has 53 heavy (non-hydrogen) atoms. The SMILES string of the molecule is CC(=Cc1csc(CO[Si](c2ccccc2)(c2ccccc2)C(C)(C)C)n1)C1CC2OC2(C)CCCC(C)C(O)C(C)C(=O)C(C)(C)C(O)CC(=O)N1. The highest BCUT2D eigenvalue weighted by Gasteiger charge is 2.53. The fraction of sp³-hybridized carbons (Fsp3) is 0.558. The molecule has 1 amide bonds. The summed E-state index contributed by atoms with van der Waals surface area (Å²) in [4.78, 5) is 32.0. The molecule has 7 unspecified atom stereocenters. The smallest absolute Gasteiger partial charge is 0.261 e. The van der Waals surface area contributed by atoms with E-state index in [1.807, 2.05) is 37.4 Å². The molecule has 2 aliphatic rings. The average molecular weight is 761 g/mol. The number of rotatable bonds is 7. The Morgan fingerprint density at radius 1 is 1.04 bits per heavy atom. The number of carbonyl (C=O) groups excluding carboxylic acids is 2. The van der Waals surface area contributed by atoms with E-state index >= 15 is 0 Å². The number of nitrogens with zero attached hydrogens (tertiary/aromatic N) is 1. The molecule has 7 atom stereocenters. The van der Waals surface area contributed by atoms with Crippen molar-refractivity contribution in [1.29, 1.82) is 0 Å². The van der Waals surface area contributed by atoms with Crippen LogP contribution in [-0.2, 0) is 25.4 Å². The Bertz CT molecular complexity index is 1700. The van der Waals surface area contributed by atoms with E-state index in [4.69, 9.17) is 14.1 Å². The lowest BCUT2D eigenvalue weighted by Gasteiger charge is -2.42. The first-order valence-corrected chi connectivity index (χ1v) is 21.9. The normalized spacial score (nSPS) is 29.3. The van der Waals surface area contributed by atoms with E-state index in [9.17, 15) is 19.8 Å². The Kier molecular flexibility index (Phi) is 12.7. The van der Waals surface area contributed by atoms with Gasteiger partial charge in [0.05, 0.1) is 54.1 Å². The van der Waals surface area contributed by atoms with E-state index in [0.717, 1.165) is 35.5 Å². The first-order chi connectivity index (χ1) is 24.9. The van der Waals surface area contributed by atoms with Gasteiger partial charge < -0.3 is 24.7 Å². The van der Waals surface area contributed by atoms with Crippen molar-refractivity contribution < 1.29 is 29.0 Å². The number of hydrogen-bond donors (Lipinski definition) is 3. The molecule has 288 valence electrons. The van der Waals surface area contributed by atoms with Gasteiger partial charge in [0, 0.05) is 17.7 Å². The minimum Gasteiger partial charge on any atom is -0.401 e. The molecular formula is C43H60N2O6SSi. The molecule has 2 aromatic carbocycles. The summed E-state index contributed by atoms with van der Waals surface area (Å²) in [6.45, 7) is 18.3. The molecule has 0 aliphatic carbocycles. The molecule has 0 spiro atoms. The zero-order valence-corrected chi connectivity index (χ0v) is 34.8. The highest BCUT2D eigenvalue weighted by Crippen LogP contribution is 2.45. The number of fused-ring (bicyclic) bond motifs is 1. The second-order valence-electron chi connectivity index (χ2n) is 17.2. The minimum atomic E-state index is -2.73. The fourth-order valence-electron chi connectivity index (χ4n) is 8.13. The summed E-state index contributed by atoms with van der Waals surface area (Å²) in [5.74, 6) is -1.34. The molecule has 8 nitrogen and oxygen atoms in total. The molecular weight excluding hydrogens is 701 g/mol. The van der Waals surface area contributed by atoms with Gasteiger partial charge in [0.25, 0.3) is 8.32 Å². The van der Waals surface area contributed by atoms with Crippen molar-refractivity contribution in [2.45, 2.75) is 136 Å². The van der Waals surface area contributed by atoms with Gasteiger partial charge in [0.1, 0.15) is 10.8 Å². The van der Waals surface area contributed by atoms with E-state index in [0.29, 0.717) is 13.0 Å². The Balaban J connectivity index is 1.37. The van der Waals surface area contributed by atoms with Gasteiger partial charge in [-0.3, -0.25) is 9.59 Å². The van der Waals surface area contributed by atoms with Crippen molar-refractivity contribution in [1.82, 2.24) is 10.3 Å². The number of epoxide rings is 1. The summed E-state index contributed by atoms with van der Waals surface area (Å²) < 4.78 is 13.4. The number of aromatic nitrogens is 1. The maximum Gasteiger partial charge on any atom is 0.261 e. The predicted octanol–water partition coefficient (Wildman–Crippen LogP) is 6.82. The van der Waals surface area contributed by atoms with Gasteiger partial charge >= 0.3 is 0 Å². The van der Waals surface area contributed by atoms with Crippen LogP contribution in [0.2, 0.25) is 5.04 Å². The average Bonchev–Trinajstić information content (AvgIpc) is 3.52. The van der Waals surface area contributed by atoms with Crippen LogP contribution in [-0.4, -0.2) is 65.2 Å². The maximum absolute atomic E-state index is 13.5. The number of benzene rings is 2. The van der Waals surface area contributed by atoms with Gasteiger partial charge in [-0.15, -0.1) is 11.3 Å². The van der Waals surface area contributed by atoms with Crippen LogP contribution in [0.4, 0.5) is 0 Å². The Hall–Kier alpha value is -2.99. The van der Waals surface area contributed by atoms with E-state index in [2.05, 4.69) is 81.5 Å². The number of nitrogens with one attached hydrogen (secondary N) is 1. The summed E-state index contributed by atoms with van der Waals surface area (Å²) in [6, 6.07) is 20.8. The minimum absolute atomic E-state index is 0.0444. The summed E-state index contributed by atoms with van der Waals surface area (Å²) in [5.41, 5.74) is 0.195. The molecule has 3 aromatic rings. The van der Waals surface area contributed by atoms with Crippen LogP contribution in [0.3, 0.4) is 0 Å². The van der Waals surface area contributed by atoms with Gasteiger partial charge in [-0.1, -0.05) is 116 Å². The largest absolute Gasteiger partial charge is 0.401 e. The number of ether oxygens (including phenoxy) is 1. The second-order valence-corrected chi connectivity index (χ2v) is 22.5. The van der Waals surface area contributed by atoms with Crippen LogP contribution < -0.4 is 15.7 Å². The molecule has 0 bridgehead atoms. The first kappa shape index (κ1) is 41.2. The third-order valence-corrected chi connectivity index (χ3v) is 17.7. The number of ketones is 1. The molecule has 5 rings (SSSR count). The third-order valence-electron chi connectivity index (χ3n) is 11.8. The van der Waals surface area contributed by atoms with Crippen LogP contribution in [0.25, 0.3) is 6.08 Å². The summed E-state index contributed by atoms with van der Waals surface area (Å²) >= 11 is 1.56. The van der Waals surface area contributed by atoms with Crippen molar-refractivity contribution in [3.63, 3.8) is 0 Å². The topological polar surface area (TPSA) is 121 Å². The van der Waals surface area contributed by atoms with Crippen molar-refractivity contribution in [3.05, 3.63) is 82.3 Å². The number of hydrogen-bond acceptors (Lipinski definition) is 8. The number of aliphatic hydroxyl groups excluding tert-OH is 2. The van der Waals surface area contributed by atoms with Gasteiger partial charge in [0.2, 0.25) is 5.91 Å². The lowest BCUT2D eigenvalue weighted by molar-refractivity contribution is -0.143. The number of Topliss-reactive ketones (excluding diaryl/α,β-unsaturated/α-hetero) is 1. The molecule has 0 saturated carbocycles. The van der Waals surface area contributed by atoms with E-state index in [-0.39, 0.29) is 46.8 Å². The highest BCUT2D eigenvalue weighted by atomic mass is 32.1. The number of aliphatic hydroxyl groups is 2. The van der Waals surface area contributed by atoms with E-state index in [1.54, 1.807) is 32.1 Å². The van der Waals surface area contributed by atoms with E-state index in [1.165, 1.54) is 10.4 Å². The lowest BCUT2D eigenvalue weighted by atomic mass is 9.72. The van der Waals surface area contributed by atoms with E-state index < -0.39 is 31.9 Å². The molecule has 2 aliphatic heterocycles. The first-order valence-electron chi connectivity index (χ1n) is 19.1.